The Morgan fingerprint density at radius 1 is 1.06 bits per heavy atom. The molecule has 0 spiro atoms. The number of carbonyl (C=O) groups is 1. The number of carbonyl (C=O) groups excluding carboxylic acids is 1. The number of hydrogen-bond donors (Lipinski definition) is 0. The third-order valence-corrected chi connectivity index (χ3v) is 7.50. The molecule has 2 saturated heterocycles. The molecule has 2 aromatic heterocycles. The van der Waals surface area contributed by atoms with Crippen LogP contribution in [0.5, 0.6) is 0 Å². The second-order valence-electron chi connectivity index (χ2n) is 10.5. The van der Waals surface area contributed by atoms with Gasteiger partial charge in [-0.15, -0.1) is 0 Å². The van der Waals surface area contributed by atoms with Gasteiger partial charge in [-0.2, -0.15) is 5.10 Å². The van der Waals surface area contributed by atoms with Crippen molar-refractivity contribution in [3.8, 4) is 0 Å². The maximum absolute atomic E-state index is 13.4. The minimum Gasteiger partial charge on any atom is -0.398 e. The van der Waals surface area contributed by atoms with E-state index in [1.165, 1.54) is 12.8 Å². The van der Waals surface area contributed by atoms with Crippen LogP contribution in [0, 0.1) is 0 Å². The molecule has 2 aromatic rings. The molecule has 8 heteroatoms. The van der Waals surface area contributed by atoms with Crippen molar-refractivity contribution in [2.24, 2.45) is 0 Å². The second kappa shape index (κ2) is 7.31. The van der Waals surface area contributed by atoms with Gasteiger partial charge in [0.15, 0.2) is 5.65 Å². The molecule has 5 rings (SSSR count). The fourth-order valence-corrected chi connectivity index (χ4v) is 4.60. The SMILES string of the molecule is C[C@@H]1CCCCCN1C(=O)c1cc(C2CC2)n2nc(B3OC(C)(C)C(C)(C)O3)cc2n1. The van der Waals surface area contributed by atoms with Gasteiger partial charge in [0, 0.05) is 30.3 Å². The Morgan fingerprint density at radius 3 is 2.45 bits per heavy atom. The Balaban J connectivity index is 1.51. The van der Waals surface area contributed by atoms with Gasteiger partial charge in [-0.3, -0.25) is 4.79 Å². The van der Waals surface area contributed by atoms with E-state index in [1.54, 1.807) is 0 Å². The lowest BCUT2D eigenvalue weighted by Crippen LogP contribution is -2.41. The molecule has 0 aromatic carbocycles. The summed E-state index contributed by atoms with van der Waals surface area (Å²) in [6, 6.07) is 4.13. The van der Waals surface area contributed by atoms with Gasteiger partial charge in [-0.1, -0.05) is 12.8 Å². The third kappa shape index (κ3) is 3.67. The highest BCUT2D eigenvalue weighted by molar-refractivity contribution is 6.61. The molecule has 4 heterocycles. The molecule has 0 unspecified atom stereocenters. The topological polar surface area (TPSA) is 69.0 Å². The van der Waals surface area contributed by atoms with Gasteiger partial charge in [0.1, 0.15) is 5.69 Å². The minimum atomic E-state index is -0.538. The van der Waals surface area contributed by atoms with E-state index in [0.717, 1.165) is 37.9 Å². The lowest BCUT2D eigenvalue weighted by molar-refractivity contribution is 0.00578. The van der Waals surface area contributed by atoms with Crippen molar-refractivity contribution in [3.63, 3.8) is 0 Å². The minimum absolute atomic E-state index is 0.0391. The highest BCUT2D eigenvalue weighted by Crippen LogP contribution is 2.40. The first-order chi connectivity index (χ1) is 14.7. The summed E-state index contributed by atoms with van der Waals surface area (Å²) in [4.78, 5) is 20.2. The molecular formula is C23H33BN4O3. The normalized spacial score (nSPS) is 25.8. The fourth-order valence-electron chi connectivity index (χ4n) is 4.60. The van der Waals surface area contributed by atoms with Crippen molar-refractivity contribution in [1.29, 1.82) is 0 Å². The zero-order valence-electron chi connectivity index (χ0n) is 19.4. The Bertz CT molecular complexity index is 998. The van der Waals surface area contributed by atoms with Gasteiger partial charge in [0.05, 0.1) is 16.8 Å². The average Bonchev–Trinajstić information content (AvgIpc) is 3.44. The van der Waals surface area contributed by atoms with Gasteiger partial charge in [0.25, 0.3) is 5.91 Å². The number of amides is 1. The molecule has 7 nitrogen and oxygen atoms in total. The monoisotopic (exact) mass is 424 g/mol. The molecule has 1 atom stereocenters. The van der Waals surface area contributed by atoms with Crippen molar-refractivity contribution < 1.29 is 14.1 Å². The first kappa shape index (κ1) is 20.9. The standard InChI is InChI=1S/C23H33BN4O3/c1-15-9-7-6-8-12-27(15)21(29)17-13-18(16-10-11-16)28-20(25-17)14-19(26-28)24-30-22(2,3)23(4,5)31-24/h13-16H,6-12H2,1-5H3/t15-/m1/s1. The van der Waals surface area contributed by atoms with Crippen LogP contribution >= 0.6 is 0 Å². The molecule has 1 amide bonds. The summed E-state index contributed by atoms with van der Waals surface area (Å²) in [7, 11) is -0.538. The first-order valence-corrected chi connectivity index (χ1v) is 11.7. The van der Waals surface area contributed by atoms with E-state index in [2.05, 4.69) is 6.92 Å². The molecular weight excluding hydrogens is 391 g/mol. The van der Waals surface area contributed by atoms with E-state index >= 15 is 0 Å². The van der Waals surface area contributed by atoms with E-state index in [1.807, 2.05) is 49.2 Å². The van der Waals surface area contributed by atoms with Crippen LogP contribution in [0.25, 0.3) is 5.65 Å². The van der Waals surface area contributed by atoms with Crippen molar-refractivity contribution in [1.82, 2.24) is 19.5 Å². The third-order valence-electron chi connectivity index (χ3n) is 7.50. The molecule has 1 saturated carbocycles. The maximum atomic E-state index is 13.4. The summed E-state index contributed by atoms with van der Waals surface area (Å²) in [6.45, 7) is 11.1. The zero-order chi connectivity index (χ0) is 22.0. The second-order valence-corrected chi connectivity index (χ2v) is 10.5. The van der Waals surface area contributed by atoms with Crippen LogP contribution in [-0.4, -0.2) is 56.3 Å². The Labute approximate surface area is 184 Å². The summed E-state index contributed by atoms with van der Waals surface area (Å²) >= 11 is 0. The molecule has 31 heavy (non-hydrogen) atoms. The zero-order valence-corrected chi connectivity index (χ0v) is 19.4. The van der Waals surface area contributed by atoms with Gasteiger partial charge < -0.3 is 14.2 Å². The molecule has 0 bridgehead atoms. The molecule has 2 aliphatic heterocycles. The quantitative estimate of drug-likeness (QED) is 0.708. The van der Waals surface area contributed by atoms with Crippen molar-refractivity contribution in [3.05, 3.63) is 23.5 Å². The summed E-state index contributed by atoms with van der Waals surface area (Å²) in [6.07, 6.45) is 6.74. The van der Waals surface area contributed by atoms with Crippen LogP contribution in [-0.2, 0) is 9.31 Å². The van der Waals surface area contributed by atoms with Crippen LogP contribution in [0.4, 0.5) is 0 Å². The number of hydrogen-bond acceptors (Lipinski definition) is 5. The van der Waals surface area contributed by atoms with Crippen LogP contribution in [0.3, 0.4) is 0 Å². The highest BCUT2D eigenvalue weighted by Gasteiger charge is 2.52. The lowest BCUT2D eigenvalue weighted by Gasteiger charge is -2.32. The fraction of sp³-hybridized carbons (Fsp3) is 0.696. The van der Waals surface area contributed by atoms with E-state index < -0.39 is 18.3 Å². The van der Waals surface area contributed by atoms with Crippen LogP contribution in [0.2, 0.25) is 0 Å². The van der Waals surface area contributed by atoms with Gasteiger partial charge in [-0.05, 0) is 66.4 Å². The number of aromatic nitrogens is 3. The highest BCUT2D eigenvalue weighted by atomic mass is 16.7. The molecule has 1 aliphatic carbocycles. The number of rotatable bonds is 3. The molecule has 0 N–H and O–H groups in total. The smallest absolute Gasteiger partial charge is 0.398 e. The van der Waals surface area contributed by atoms with E-state index in [9.17, 15) is 4.79 Å². The maximum Gasteiger partial charge on any atom is 0.516 e. The van der Waals surface area contributed by atoms with Crippen LogP contribution in [0.15, 0.2) is 12.1 Å². The van der Waals surface area contributed by atoms with E-state index in [4.69, 9.17) is 19.4 Å². The van der Waals surface area contributed by atoms with Crippen LogP contribution < -0.4 is 5.59 Å². The number of likely N-dealkylation sites (tertiary alicyclic amines) is 1. The Kier molecular flexibility index (Phi) is 4.94. The van der Waals surface area contributed by atoms with E-state index in [0.29, 0.717) is 22.9 Å². The molecule has 3 aliphatic rings. The molecule has 0 radical (unpaired) electrons. The van der Waals surface area contributed by atoms with Crippen molar-refractivity contribution in [2.75, 3.05) is 6.54 Å². The average molecular weight is 424 g/mol. The first-order valence-electron chi connectivity index (χ1n) is 11.7. The summed E-state index contributed by atoms with van der Waals surface area (Å²) in [5.74, 6) is 0.474. The molecule has 166 valence electrons. The Morgan fingerprint density at radius 2 is 1.77 bits per heavy atom. The number of fused-ring (bicyclic) bond motifs is 1. The summed E-state index contributed by atoms with van der Waals surface area (Å²) in [5.41, 5.74) is 2.15. The molecule has 3 fully saturated rings. The predicted molar refractivity (Wildman–Crippen MR) is 120 cm³/mol. The number of nitrogens with zero attached hydrogens (tertiary/aromatic N) is 4. The van der Waals surface area contributed by atoms with E-state index in [-0.39, 0.29) is 11.9 Å². The van der Waals surface area contributed by atoms with Crippen LogP contribution in [0.1, 0.15) is 95.2 Å². The summed E-state index contributed by atoms with van der Waals surface area (Å²) in [5, 5.41) is 4.81. The van der Waals surface area contributed by atoms with Gasteiger partial charge in [0.2, 0.25) is 0 Å². The van der Waals surface area contributed by atoms with Gasteiger partial charge >= 0.3 is 7.12 Å². The van der Waals surface area contributed by atoms with Gasteiger partial charge in [-0.25, -0.2) is 9.50 Å². The Hall–Kier alpha value is -1.93. The van der Waals surface area contributed by atoms with Crippen molar-refractivity contribution in [2.45, 2.75) is 96.3 Å². The van der Waals surface area contributed by atoms with Crippen molar-refractivity contribution >= 4 is 24.3 Å². The summed E-state index contributed by atoms with van der Waals surface area (Å²) < 4.78 is 14.3. The predicted octanol–water partition coefficient (Wildman–Crippen LogP) is 3.31. The largest absolute Gasteiger partial charge is 0.516 e. The lowest BCUT2D eigenvalue weighted by atomic mass is 9.85.